The molecule has 1 atom stereocenters. The molecule has 0 amide bonds. The third-order valence-corrected chi connectivity index (χ3v) is 3.77. The van der Waals surface area contributed by atoms with Gasteiger partial charge in [-0.3, -0.25) is 14.8 Å². The molecule has 2 aromatic rings. The summed E-state index contributed by atoms with van der Waals surface area (Å²) in [6, 6.07) is 6.81. The van der Waals surface area contributed by atoms with Gasteiger partial charge in [0, 0.05) is 36.1 Å². The maximum Gasteiger partial charge on any atom is 0.271 e. The van der Waals surface area contributed by atoms with E-state index in [-0.39, 0.29) is 16.7 Å². The summed E-state index contributed by atoms with van der Waals surface area (Å²) in [4.78, 5) is 10.4. The zero-order valence-electron chi connectivity index (χ0n) is 11.2. The topological polar surface area (TPSA) is 73.0 Å². The number of benzene rings is 1. The quantitative estimate of drug-likeness (QED) is 0.688. The first-order chi connectivity index (χ1) is 9.65. The molecule has 20 heavy (non-hydrogen) atoms. The van der Waals surface area contributed by atoms with Crippen molar-refractivity contribution in [2.75, 3.05) is 5.32 Å². The van der Waals surface area contributed by atoms with E-state index >= 15 is 0 Å². The van der Waals surface area contributed by atoms with Crippen molar-refractivity contribution in [3.8, 4) is 0 Å². The lowest BCUT2D eigenvalue weighted by Gasteiger charge is -2.24. The largest absolute Gasteiger partial charge is 0.378 e. The number of aryl methyl sites for hydroxylation is 1. The lowest BCUT2D eigenvalue weighted by atomic mass is 9.93. The molecule has 104 valence electrons. The average molecular weight is 272 g/mol. The predicted octanol–water partition coefficient (Wildman–Crippen LogP) is 2.82. The number of hydrogen-bond donors (Lipinski definition) is 1. The molecular weight excluding hydrogens is 256 g/mol. The first kappa shape index (κ1) is 12.7. The Morgan fingerprint density at radius 1 is 1.50 bits per heavy atom. The second-order valence-electron chi connectivity index (χ2n) is 5.07. The van der Waals surface area contributed by atoms with Gasteiger partial charge in [-0.1, -0.05) is 6.07 Å². The monoisotopic (exact) mass is 272 g/mol. The summed E-state index contributed by atoms with van der Waals surface area (Å²) in [5.41, 5.74) is 3.34. The molecule has 1 aliphatic rings. The van der Waals surface area contributed by atoms with Crippen LogP contribution >= 0.6 is 0 Å². The molecule has 0 bridgehead atoms. The van der Waals surface area contributed by atoms with E-state index in [1.807, 2.05) is 24.0 Å². The van der Waals surface area contributed by atoms with Crippen molar-refractivity contribution in [2.45, 2.75) is 25.3 Å². The third kappa shape index (κ3) is 2.24. The van der Waals surface area contributed by atoms with Gasteiger partial charge in [0.1, 0.15) is 0 Å². The van der Waals surface area contributed by atoms with E-state index in [0.29, 0.717) is 0 Å². The van der Waals surface area contributed by atoms with E-state index in [2.05, 4.69) is 10.4 Å². The lowest BCUT2D eigenvalue weighted by Crippen LogP contribution is -2.17. The van der Waals surface area contributed by atoms with Crippen molar-refractivity contribution >= 4 is 11.4 Å². The number of nitro benzene ring substituents is 1. The van der Waals surface area contributed by atoms with Gasteiger partial charge in [0.05, 0.1) is 17.2 Å². The Balaban J connectivity index is 1.85. The van der Waals surface area contributed by atoms with Crippen molar-refractivity contribution in [2.24, 2.45) is 7.05 Å². The summed E-state index contributed by atoms with van der Waals surface area (Å²) in [5.74, 6) is 0. The first-order valence-corrected chi connectivity index (χ1v) is 6.67. The minimum atomic E-state index is -0.373. The second kappa shape index (κ2) is 4.96. The van der Waals surface area contributed by atoms with Crippen molar-refractivity contribution in [3.63, 3.8) is 0 Å². The van der Waals surface area contributed by atoms with Crippen LogP contribution in [-0.2, 0) is 13.5 Å². The molecule has 1 heterocycles. The van der Waals surface area contributed by atoms with Crippen molar-refractivity contribution in [1.82, 2.24) is 9.78 Å². The van der Waals surface area contributed by atoms with Gasteiger partial charge in [-0.25, -0.2) is 0 Å². The highest BCUT2D eigenvalue weighted by Crippen LogP contribution is 2.32. The normalized spacial score (nSPS) is 17.6. The third-order valence-electron chi connectivity index (χ3n) is 3.77. The molecular formula is C14H16N4O2. The first-order valence-electron chi connectivity index (χ1n) is 6.67. The fraction of sp³-hybridized carbons (Fsp3) is 0.357. The molecule has 1 aromatic carbocycles. The molecule has 0 saturated heterocycles. The zero-order chi connectivity index (χ0) is 14.1. The summed E-state index contributed by atoms with van der Waals surface area (Å²) < 4.78 is 1.91. The second-order valence-corrected chi connectivity index (χ2v) is 5.07. The van der Waals surface area contributed by atoms with Gasteiger partial charge in [-0.05, 0) is 25.3 Å². The highest BCUT2D eigenvalue weighted by Gasteiger charge is 2.23. The van der Waals surface area contributed by atoms with Gasteiger partial charge >= 0.3 is 0 Å². The smallest absolute Gasteiger partial charge is 0.271 e. The number of anilines is 1. The van der Waals surface area contributed by atoms with Gasteiger partial charge in [-0.2, -0.15) is 5.10 Å². The highest BCUT2D eigenvalue weighted by molar-refractivity contribution is 5.52. The molecule has 0 saturated carbocycles. The Bertz CT molecular complexity index is 650. The number of nitrogens with zero attached hydrogens (tertiary/aromatic N) is 3. The van der Waals surface area contributed by atoms with Crippen molar-refractivity contribution in [3.05, 3.63) is 51.8 Å². The number of nitrogens with one attached hydrogen (secondary N) is 1. The molecule has 1 aromatic heterocycles. The van der Waals surface area contributed by atoms with Crippen LogP contribution in [0.25, 0.3) is 0 Å². The Labute approximate surface area is 116 Å². The van der Waals surface area contributed by atoms with E-state index in [1.54, 1.807) is 12.1 Å². The Kier molecular flexibility index (Phi) is 3.14. The number of rotatable bonds is 3. The summed E-state index contributed by atoms with van der Waals surface area (Å²) >= 11 is 0. The van der Waals surface area contributed by atoms with Crippen LogP contribution in [0, 0.1) is 10.1 Å². The van der Waals surface area contributed by atoms with Crippen molar-refractivity contribution in [1.29, 1.82) is 0 Å². The minimum Gasteiger partial charge on any atom is -0.378 e. The fourth-order valence-electron chi connectivity index (χ4n) is 2.77. The molecule has 1 unspecified atom stereocenters. The average Bonchev–Trinajstić information content (AvgIpc) is 2.82. The summed E-state index contributed by atoms with van der Waals surface area (Å²) in [6.45, 7) is 0. The molecule has 1 aliphatic carbocycles. The van der Waals surface area contributed by atoms with Crippen LogP contribution in [0.5, 0.6) is 0 Å². The van der Waals surface area contributed by atoms with Crippen LogP contribution in [0.4, 0.5) is 11.4 Å². The number of fused-ring (bicyclic) bond motifs is 1. The van der Waals surface area contributed by atoms with Gasteiger partial charge < -0.3 is 5.32 Å². The molecule has 0 aliphatic heterocycles. The zero-order valence-corrected chi connectivity index (χ0v) is 11.2. The van der Waals surface area contributed by atoms with Gasteiger partial charge in [0.2, 0.25) is 0 Å². The van der Waals surface area contributed by atoms with Crippen LogP contribution < -0.4 is 5.32 Å². The summed E-state index contributed by atoms with van der Waals surface area (Å²) in [5, 5.41) is 18.5. The van der Waals surface area contributed by atoms with E-state index < -0.39 is 0 Å². The maximum atomic E-state index is 10.8. The molecule has 0 spiro atoms. The van der Waals surface area contributed by atoms with Gasteiger partial charge in [0.15, 0.2) is 0 Å². The van der Waals surface area contributed by atoms with Crippen LogP contribution in [0.2, 0.25) is 0 Å². The molecule has 3 rings (SSSR count). The summed E-state index contributed by atoms with van der Waals surface area (Å²) in [6.07, 6.45) is 5.04. The van der Waals surface area contributed by atoms with Crippen LogP contribution in [0.3, 0.4) is 0 Å². The van der Waals surface area contributed by atoms with Gasteiger partial charge in [0.25, 0.3) is 5.69 Å². The standard InChI is InChI=1S/C14H16N4O2/c1-17-14-7-3-6-13(12(14)9-15-17)16-10-4-2-5-11(8-10)18(19)20/h2,4-5,8-9,13,16H,3,6-7H2,1H3. The number of hydrogen-bond acceptors (Lipinski definition) is 4. The molecule has 6 nitrogen and oxygen atoms in total. The minimum absolute atomic E-state index is 0.109. The molecule has 0 radical (unpaired) electrons. The van der Waals surface area contributed by atoms with E-state index in [9.17, 15) is 10.1 Å². The maximum absolute atomic E-state index is 10.8. The lowest BCUT2D eigenvalue weighted by molar-refractivity contribution is -0.384. The molecule has 1 N–H and O–H groups in total. The number of non-ortho nitro benzene ring substituents is 1. The van der Waals surface area contributed by atoms with Crippen LogP contribution in [0.15, 0.2) is 30.5 Å². The van der Waals surface area contributed by atoms with Crippen LogP contribution in [0.1, 0.15) is 30.1 Å². The predicted molar refractivity (Wildman–Crippen MR) is 75.6 cm³/mol. The number of nitro groups is 1. The fourth-order valence-corrected chi connectivity index (χ4v) is 2.77. The Morgan fingerprint density at radius 2 is 2.35 bits per heavy atom. The Morgan fingerprint density at radius 3 is 3.15 bits per heavy atom. The van der Waals surface area contributed by atoms with Crippen LogP contribution in [-0.4, -0.2) is 14.7 Å². The molecule has 6 heteroatoms. The Hall–Kier alpha value is -2.37. The molecule has 0 fully saturated rings. The van der Waals surface area contributed by atoms with E-state index in [4.69, 9.17) is 0 Å². The number of aromatic nitrogens is 2. The van der Waals surface area contributed by atoms with Crippen molar-refractivity contribution < 1.29 is 4.92 Å². The van der Waals surface area contributed by atoms with Gasteiger partial charge in [-0.15, -0.1) is 0 Å². The van der Waals surface area contributed by atoms with E-state index in [0.717, 1.165) is 24.9 Å². The van der Waals surface area contributed by atoms with E-state index in [1.165, 1.54) is 17.3 Å². The SMILES string of the molecule is Cn1ncc2c1CCCC2Nc1cccc([N+](=O)[O-])c1. The highest BCUT2D eigenvalue weighted by atomic mass is 16.6. The summed E-state index contributed by atoms with van der Waals surface area (Å²) in [7, 11) is 1.95.